The van der Waals surface area contributed by atoms with Crippen molar-refractivity contribution < 1.29 is 18.7 Å². The number of nitrogens with one attached hydrogen (secondary N) is 1. The summed E-state index contributed by atoms with van der Waals surface area (Å²) in [7, 11) is 0. The molecule has 0 aliphatic heterocycles. The summed E-state index contributed by atoms with van der Waals surface area (Å²) >= 11 is 0. The minimum absolute atomic E-state index is 0.0625. The van der Waals surface area contributed by atoms with Crippen LogP contribution in [0.1, 0.15) is 15.9 Å². The molecular weight excluding hydrogens is 266 g/mol. The fraction of sp³-hybridized carbons (Fsp3) is 0.0714. The molecule has 0 aromatic heterocycles. The lowest BCUT2D eigenvalue weighted by atomic mass is 10.1. The monoisotopic (exact) mass is 278 g/mol. The normalized spacial score (nSPS) is 10.3. The van der Waals surface area contributed by atoms with Gasteiger partial charge in [-0.1, -0.05) is 6.07 Å². The Morgan fingerprint density at radius 2 is 1.90 bits per heavy atom. The first-order valence-corrected chi connectivity index (χ1v) is 5.74. The molecule has 4 nitrogen and oxygen atoms in total. The summed E-state index contributed by atoms with van der Waals surface area (Å²) in [6.45, 7) is 1.75. The lowest BCUT2D eigenvalue weighted by Gasteiger charge is -2.13. The minimum atomic E-state index is -1.40. The van der Waals surface area contributed by atoms with E-state index in [2.05, 4.69) is 5.32 Å². The Morgan fingerprint density at radius 3 is 2.55 bits per heavy atom. The molecule has 104 valence electrons. The van der Waals surface area contributed by atoms with Crippen LogP contribution < -0.4 is 11.1 Å². The zero-order chi connectivity index (χ0) is 14.9. The van der Waals surface area contributed by atoms with E-state index in [0.717, 1.165) is 17.7 Å². The highest BCUT2D eigenvalue weighted by atomic mass is 19.1. The topological polar surface area (TPSA) is 75.3 Å². The van der Waals surface area contributed by atoms with E-state index in [-0.39, 0.29) is 11.4 Å². The van der Waals surface area contributed by atoms with Crippen LogP contribution in [0, 0.1) is 18.6 Å². The van der Waals surface area contributed by atoms with Crippen LogP contribution in [0.3, 0.4) is 0 Å². The van der Waals surface area contributed by atoms with Gasteiger partial charge >= 0.3 is 5.97 Å². The Kier molecular flexibility index (Phi) is 3.56. The van der Waals surface area contributed by atoms with Crippen LogP contribution in [0.5, 0.6) is 0 Å². The van der Waals surface area contributed by atoms with Gasteiger partial charge in [0.25, 0.3) is 0 Å². The van der Waals surface area contributed by atoms with Crippen molar-refractivity contribution in [3.8, 4) is 0 Å². The molecule has 6 heteroatoms. The van der Waals surface area contributed by atoms with Crippen LogP contribution in [0.15, 0.2) is 30.3 Å². The predicted octanol–water partition coefficient (Wildman–Crippen LogP) is 3.30. The van der Waals surface area contributed by atoms with E-state index in [0.29, 0.717) is 5.69 Å². The Morgan fingerprint density at radius 1 is 1.20 bits per heavy atom. The van der Waals surface area contributed by atoms with E-state index in [1.807, 2.05) is 0 Å². The van der Waals surface area contributed by atoms with Crippen LogP contribution in [-0.4, -0.2) is 11.1 Å². The Bertz CT molecular complexity index is 687. The highest BCUT2D eigenvalue weighted by Crippen LogP contribution is 2.28. The summed E-state index contributed by atoms with van der Waals surface area (Å²) < 4.78 is 26.8. The number of carbonyl (C=O) groups is 1. The molecule has 20 heavy (non-hydrogen) atoms. The number of halogens is 2. The number of anilines is 3. The maximum absolute atomic E-state index is 13.6. The van der Waals surface area contributed by atoms with Crippen molar-refractivity contribution in [2.75, 3.05) is 11.1 Å². The van der Waals surface area contributed by atoms with E-state index in [9.17, 15) is 13.6 Å². The maximum atomic E-state index is 13.6. The number of benzene rings is 2. The number of nitrogen functional groups attached to an aromatic ring is 1. The van der Waals surface area contributed by atoms with Crippen molar-refractivity contribution >= 4 is 23.0 Å². The predicted molar refractivity (Wildman–Crippen MR) is 72.2 cm³/mol. The first-order chi connectivity index (χ1) is 9.38. The van der Waals surface area contributed by atoms with Crippen molar-refractivity contribution in [2.45, 2.75) is 6.92 Å². The number of nitrogens with two attached hydrogens (primary N) is 1. The molecule has 0 atom stereocenters. The maximum Gasteiger partial charge on any atom is 0.338 e. The van der Waals surface area contributed by atoms with Crippen LogP contribution in [0.25, 0.3) is 0 Å². The average Bonchev–Trinajstić information content (AvgIpc) is 2.37. The summed E-state index contributed by atoms with van der Waals surface area (Å²) in [5.41, 5.74) is 6.59. The molecule has 0 amide bonds. The van der Waals surface area contributed by atoms with Crippen LogP contribution in [-0.2, 0) is 0 Å². The molecule has 0 saturated heterocycles. The molecule has 0 saturated carbocycles. The average molecular weight is 278 g/mol. The van der Waals surface area contributed by atoms with Crippen molar-refractivity contribution in [3.05, 3.63) is 53.1 Å². The summed E-state index contributed by atoms with van der Waals surface area (Å²) in [6.07, 6.45) is 0. The second-order valence-electron chi connectivity index (χ2n) is 4.31. The molecule has 4 N–H and O–H groups in total. The minimum Gasteiger partial charge on any atom is -0.478 e. The third-order valence-electron chi connectivity index (χ3n) is 2.84. The third-order valence-corrected chi connectivity index (χ3v) is 2.84. The lowest BCUT2D eigenvalue weighted by molar-refractivity contribution is 0.0692. The number of aryl methyl sites for hydroxylation is 1. The molecule has 2 aromatic carbocycles. The van der Waals surface area contributed by atoms with Crippen LogP contribution in [0.4, 0.5) is 25.8 Å². The fourth-order valence-corrected chi connectivity index (χ4v) is 1.74. The van der Waals surface area contributed by atoms with Gasteiger partial charge in [0.2, 0.25) is 0 Å². The smallest absolute Gasteiger partial charge is 0.338 e. The first kappa shape index (κ1) is 13.8. The van der Waals surface area contributed by atoms with Gasteiger partial charge in [-0.05, 0) is 30.7 Å². The van der Waals surface area contributed by atoms with Crippen molar-refractivity contribution in [1.29, 1.82) is 0 Å². The van der Waals surface area contributed by atoms with Crippen molar-refractivity contribution in [1.82, 2.24) is 0 Å². The van der Waals surface area contributed by atoms with Gasteiger partial charge in [0.1, 0.15) is 11.6 Å². The molecule has 2 aromatic rings. The van der Waals surface area contributed by atoms with Crippen LogP contribution >= 0.6 is 0 Å². The first-order valence-electron chi connectivity index (χ1n) is 5.74. The number of carboxylic acid groups (broad SMARTS) is 1. The van der Waals surface area contributed by atoms with Gasteiger partial charge in [0, 0.05) is 11.8 Å². The SMILES string of the molecule is Cc1ccc(F)cc1Nc1cc(F)c(C(=O)O)cc1N. The fourth-order valence-electron chi connectivity index (χ4n) is 1.74. The summed E-state index contributed by atoms with van der Waals surface area (Å²) in [5.74, 6) is -2.76. The van der Waals surface area contributed by atoms with Crippen molar-refractivity contribution in [3.63, 3.8) is 0 Å². The van der Waals surface area contributed by atoms with Gasteiger partial charge in [-0.25, -0.2) is 13.6 Å². The summed E-state index contributed by atoms with van der Waals surface area (Å²) in [6, 6.07) is 6.11. The Hall–Kier alpha value is -2.63. The number of hydrogen-bond acceptors (Lipinski definition) is 3. The van der Waals surface area contributed by atoms with Gasteiger partial charge in [0.15, 0.2) is 0 Å². The Labute approximate surface area is 113 Å². The van der Waals surface area contributed by atoms with E-state index in [1.54, 1.807) is 13.0 Å². The molecule has 0 bridgehead atoms. The zero-order valence-electron chi connectivity index (χ0n) is 10.6. The van der Waals surface area contributed by atoms with Crippen LogP contribution in [0.2, 0.25) is 0 Å². The molecule has 0 unspecified atom stereocenters. The number of carboxylic acids is 1. The molecule has 0 fully saturated rings. The molecule has 0 heterocycles. The van der Waals surface area contributed by atoms with Gasteiger partial charge in [0.05, 0.1) is 16.9 Å². The largest absolute Gasteiger partial charge is 0.478 e. The van der Waals surface area contributed by atoms with E-state index < -0.39 is 23.2 Å². The standard InChI is InChI=1S/C14H12F2N2O2/c1-7-2-3-8(15)4-12(7)18-13-6-10(16)9(14(19)20)5-11(13)17/h2-6,18H,17H2,1H3,(H,19,20). The third kappa shape index (κ3) is 2.69. The summed E-state index contributed by atoms with van der Waals surface area (Å²) in [5, 5.41) is 11.6. The van der Waals surface area contributed by atoms with Gasteiger partial charge < -0.3 is 16.2 Å². The highest BCUT2D eigenvalue weighted by Gasteiger charge is 2.14. The zero-order valence-corrected chi connectivity index (χ0v) is 10.6. The lowest BCUT2D eigenvalue weighted by Crippen LogP contribution is -2.05. The quantitative estimate of drug-likeness (QED) is 0.753. The summed E-state index contributed by atoms with van der Waals surface area (Å²) in [4.78, 5) is 10.8. The molecule has 0 radical (unpaired) electrons. The molecule has 0 aliphatic rings. The van der Waals surface area contributed by atoms with Crippen molar-refractivity contribution in [2.24, 2.45) is 0 Å². The molecular formula is C14H12F2N2O2. The molecule has 0 aliphatic carbocycles. The van der Waals surface area contributed by atoms with E-state index in [4.69, 9.17) is 10.8 Å². The van der Waals surface area contributed by atoms with Gasteiger partial charge in [-0.15, -0.1) is 0 Å². The Balaban J connectivity index is 2.42. The van der Waals surface area contributed by atoms with E-state index >= 15 is 0 Å². The van der Waals surface area contributed by atoms with Gasteiger partial charge in [-0.2, -0.15) is 0 Å². The second kappa shape index (κ2) is 5.16. The number of hydrogen-bond donors (Lipinski definition) is 3. The van der Waals surface area contributed by atoms with Gasteiger partial charge in [-0.3, -0.25) is 0 Å². The second-order valence-corrected chi connectivity index (χ2v) is 4.31. The number of aromatic carboxylic acids is 1. The molecule has 2 rings (SSSR count). The number of rotatable bonds is 3. The van der Waals surface area contributed by atoms with E-state index in [1.165, 1.54) is 12.1 Å². The highest BCUT2D eigenvalue weighted by molar-refractivity contribution is 5.91. The molecule has 0 spiro atoms.